The monoisotopic (exact) mass is 216 g/mol. The molecule has 2 aromatic carbocycles. The van der Waals surface area contributed by atoms with Crippen LogP contribution in [0.2, 0.25) is 0 Å². The zero-order chi connectivity index (χ0) is 10.3. The van der Waals surface area contributed by atoms with Gasteiger partial charge in [0.1, 0.15) is 0 Å². The highest BCUT2D eigenvalue weighted by Gasteiger charge is 2.19. The average molecular weight is 216 g/mol. The molecule has 0 saturated carbocycles. The SMILES string of the molecule is O=C1CSc2ccc3ccccc3c2O1. The second-order valence-electron chi connectivity index (χ2n) is 3.38. The summed E-state index contributed by atoms with van der Waals surface area (Å²) >= 11 is 1.54. The number of esters is 1. The van der Waals surface area contributed by atoms with Crippen molar-refractivity contribution >= 4 is 28.5 Å². The molecular weight excluding hydrogens is 208 g/mol. The summed E-state index contributed by atoms with van der Waals surface area (Å²) in [5, 5.41) is 2.11. The summed E-state index contributed by atoms with van der Waals surface area (Å²) in [4.78, 5) is 12.3. The Balaban J connectivity index is 2.32. The fourth-order valence-electron chi connectivity index (χ4n) is 1.72. The van der Waals surface area contributed by atoms with Crippen LogP contribution in [-0.4, -0.2) is 11.7 Å². The van der Waals surface area contributed by atoms with Gasteiger partial charge in [0.05, 0.1) is 10.6 Å². The quantitative estimate of drug-likeness (QED) is 0.500. The second-order valence-corrected chi connectivity index (χ2v) is 4.39. The van der Waals surface area contributed by atoms with E-state index in [1.54, 1.807) is 0 Å². The van der Waals surface area contributed by atoms with Gasteiger partial charge in [0.25, 0.3) is 0 Å². The van der Waals surface area contributed by atoms with E-state index in [1.165, 1.54) is 11.8 Å². The predicted octanol–water partition coefficient (Wildman–Crippen LogP) is 2.85. The van der Waals surface area contributed by atoms with Gasteiger partial charge in [-0.15, -0.1) is 11.8 Å². The predicted molar refractivity (Wildman–Crippen MR) is 60.3 cm³/mol. The van der Waals surface area contributed by atoms with Crippen molar-refractivity contribution in [1.82, 2.24) is 0 Å². The van der Waals surface area contributed by atoms with Crippen LogP contribution in [0.1, 0.15) is 0 Å². The molecule has 2 nitrogen and oxygen atoms in total. The van der Waals surface area contributed by atoms with Crippen molar-refractivity contribution in [2.75, 3.05) is 5.75 Å². The average Bonchev–Trinajstić information content (AvgIpc) is 2.29. The van der Waals surface area contributed by atoms with E-state index < -0.39 is 0 Å². The highest BCUT2D eigenvalue weighted by atomic mass is 32.2. The Morgan fingerprint density at radius 2 is 2.00 bits per heavy atom. The van der Waals surface area contributed by atoms with Crippen LogP contribution in [0.3, 0.4) is 0 Å². The molecule has 0 amide bonds. The molecule has 0 bridgehead atoms. The number of fused-ring (bicyclic) bond motifs is 3. The lowest BCUT2D eigenvalue weighted by Crippen LogP contribution is -2.15. The van der Waals surface area contributed by atoms with Crippen molar-refractivity contribution in [3.05, 3.63) is 36.4 Å². The molecule has 0 spiro atoms. The van der Waals surface area contributed by atoms with Gasteiger partial charge < -0.3 is 4.74 Å². The van der Waals surface area contributed by atoms with Gasteiger partial charge >= 0.3 is 5.97 Å². The van der Waals surface area contributed by atoms with E-state index in [0.717, 1.165) is 15.7 Å². The number of carbonyl (C=O) groups is 1. The molecule has 15 heavy (non-hydrogen) atoms. The lowest BCUT2D eigenvalue weighted by molar-refractivity contribution is -0.131. The minimum Gasteiger partial charge on any atom is -0.424 e. The molecule has 3 heteroatoms. The lowest BCUT2D eigenvalue weighted by atomic mass is 10.1. The summed E-state index contributed by atoms with van der Waals surface area (Å²) in [5.41, 5.74) is 0. The molecule has 1 aliphatic heterocycles. The Kier molecular flexibility index (Phi) is 1.92. The van der Waals surface area contributed by atoms with Gasteiger partial charge in [0.15, 0.2) is 5.75 Å². The summed E-state index contributed by atoms with van der Waals surface area (Å²) in [6.45, 7) is 0. The van der Waals surface area contributed by atoms with Gasteiger partial charge in [-0.05, 0) is 11.5 Å². The summed E-state index contributed by atoms with van der Waals surface area (Å²) in [6, 6.07) is 12.0. The van der Waals surface area contributed by atoms with Gasteiger partial charge in [0.2, 0.25) is 0 Å². The van der Waals surface area contributed by atoms with E-state index >= 15 is 0 Å². The maximum Gasteiger partial charge on any atom is 0.321 e. The van der Waals surface area contributed by atoms with Crippen LogP contribution in [-0.2, 0) is 4.79 Å². The first-order valence-corrected chi connectivity index (χ1v) is 5.68. The molecule has 74 valence electrons. The number of hydrogen-bond donors (Lipinski definition) is 0. The number of benzene rings is 2. The van der Waals surface area contributed by atoms with Gasteiger partial charge in [0, 0.05) is 5.39 Å². The van der Waals surface area contributed by atoms with Gasteiger partial charge in [-0.1, -0.05) is 30.3 Å². The maximum atomic E-state index is 11.2. The highest BCUT2D eigenvalue weighted by molar-refractivity contribution is 8.00. The molecule has 0 radical (unpaired) electrons. The van der Waals surface area contributed by atoms with Crippen molar-refractivity contribution in [1.29, 1.82) is 0 Å². The smallest absolute Gasteiger partial charge is 0.321 e. The summed E-state index contributed by atoms with van der Waals surface area (Å²) in [6.07, 6.45) is 0. The molecule has 0 aromatic heterocycles. The van der Waals surface area contributed by atoms with Crippen molar-refractivity contribution in [3.63, 3.8) is 0 Å². The van der Waals surface area contributed by atoms with Crippen molar-refractivity contribution in [3.8, 4) is 5.75 Å². The Morgan fingerprint density at radius 1 is 1.13 bits per heavy atom. The van der Waals surface area contributed by atoms with Crippen LogP contribution in [0.5, 0.6) is 5.75 Å². The highest BCUT2D eigenvalue weighted by Crippen LogP contribution is 2.39. The van der Waals surface area contributed by atoms with Gasteiger partial charge in [-0.25, -0.2) is 0 Å². The van der Waals surface area contributed by atoms with Gasteiger partial charge in [-0.3, -0.25) is 4.79 Å². The van der Waals surface area contributed by atoms with Crippen LogP contribution < -0.4 is 4.74 Å². The van der Waals surface area contributed by atoms with E-state index in [2.05, 4.69) is 6.07 Å². The molecule has 0 unspecified atom stereocenters. The number of hydrogen-bond acceptors (Lipinski definition) is 3. The minimum atomic E-state index is -0.163. The third-order valence-corrected chi connectivity index (χ3v) is 3.42. The van der Waals surface area contributed by atoms with Crippen molar-refractivity contribution in [2.24, 2.45) is 0 Å². The van der Waals surface area contributed by atoms with Gasteiger partial charge in [-0.2, -0.15) is 0 Å². The van der Waals surface area contributed by atoms with Crippen LogP contribution in [0, 0.1) is 0 Å². The number of rotatable bonds is 0. The number of ether oxygens (including phenoxy) is 1. The first-order valence-electron chi connectivity index (χ1n) is 4.70. The van der Waals surface area contributed by atoms with E-state index in [-0.39, 0.29) is 5.97 Å². The third kappa shape index (κ3) is 1.39. The van der Waals surface area contributed by atoms with Crippen LogP contribution in [0.25, 0.3) is 10.8 Å². The summed E-state index contributed by atoms with van der Waals surface area (Å²) in [5.74, 6) is 0.962. The van der Waals surface area contributed by atoms with Crippen LogP contribution >= 0.6 is 11.8 Å². The number of carbonyl (C=O) groups excluding carboxylic acids is 1. The summed E-state index contributed by atoms with van der Waals surface area (Å²) < 4.78 is 5.29. The van der Waals surface area contributed by atoms with E-state index in [9.17, 15) is 4.79 Å². The lowest BCUT2D eigenvalue weighted by Gasteiger charge is -2.16. The maximum absolute atomic E-state index is 11.2. The molecule has 0 atom stereocenters. The Labute approximate surface area is 91.2 Å². The van der Waals surface area contributed by atoms with Crippen LogP contribution in [0.4, 0.5) is 0 Å². The Hall–Kier alpha value is -1.48. The first kappa shape index (κ1) is 8.80. The van der Waals surface area contributed by atoms with Crippen molar-refractivity contribution < 1.29 is 9.53 Å². The Bertz CT molecular complexity index is 548. The minimum absolute atomic E-state index is 0.163. The topological polar surface area (TPSA) is 26.3 Å². The second kappa shape index (κ2) is 3.28. The molecule has 0 N–H and O–H groups in total. The first-order chi connectivity index (χ1) is 7.34. The molecule has 1 heterocycles. The zero-order valence-electron chi connectivity index (χ0n) is 7.90. The molecule has 0 fully saturated rings. The molecule has 3 rings (SSSR count). The third-order valence-electron chi connectivity index (χ3n) is 2.40. The number of thioether (sulfide) groups is 1. The fourth-order valence-corrected chi connectivity index (χ4v) is 2.50. The zero-order valence-corrected chi connectivity index (χ0v) is 8.71. The Morgan fingerprint density at radius 3 is 2.93 bits per heavy atom. The molecule has 1 aliphatic rings. The molecule has 0 saturated heterocycles. The van der Waals surface area contributed by atoms with E-state index in [1.807, 2.05) is 30.3 Å². The van der Waals surface area contributed by atoms with E-state index in [4.69, 9.17) is 4.74 Å². The standard InChI is InChI=1S/C12H8O2S/c13-11-7-15-10-6-5-8-3-1-2-4-9(8)12(10)14-11/h1-6H,7H2. The molecule has 2 aromatic rings. The van der Waals surface area contributed by atoms with Crippen molar-refractivity contribution in [2.45, 2.75) is 4.90 Å². The van der Waals surface area contributed by atoms with Crippen LogP contribution in [0.15, 0.2) is 41.3 Å². The molecule has 0 aliphatic carbocycles. The fraction of sp³-hybridized carbons (Fsp3) is 0.0833. The molecular formula is C12H8O2S. The van der Waals surface area contributed by atoms with E-state index in [0.29, 0.717) is 11.5 Å². The normalized spacial score (nSPS) is 14.8. The summed E-state index contributed by atoms with van der Waals surface area (Å²) in [7, 11) is 0. The largest absolute Gasteiger partial charge is 0.424 e.